The van der Waals surface area contributed by atoms with Gasteiger partial charge in [-0.05, 0) is 29.7 Å². The Morgan fingerprint density at radius 2 is 2.07 bits per heavy atom. The van der Waals surface area contributed by atoms with E-state index in [9.17, 15) is 0 Å². The van der Waals surface area contributed by atoms with Crippen LogP contribution in [0.3, 0.4) is 0 Å². The standard InChI is InChI=1S/C12H18N2/c1-2-5-14-8-11-4-3-10(7-13)6-12(11)9-14/h3-4,6H,2,5,7-9,13H2,1H3. The maximum absolute atomic E-state index is 5.62. The van der Waals surface area contributed by atoms with Gasteiger partial charge in [0, 0.05) is 19.6 Å². The van der Waals surface area contributed by atoms with Crippen LogP contribution < -0.4 is 5.73 Å². The number of rotatable bonds is 3. The first-order valence-electron chi connectivity index (χ1n) is 5.36. The van der Waals surface area contributed by atoms with Crippen LogP contribution in [-0.2, 0) is 19.6 Å². The van der Waals surface area contributed by atoms with E-state index in [0.29, 0.717) is 6.54 Å². The molecule has 1 aromatic carbocycles. The average Bonchev–Trinajstić information content (AvgIpc) is 2.59. The summed E-state index contributed by atoms with van der Waals surface area (Å²) in [5, 5.41) is 0. The zero-order valence-corrected chi connectivity index (χ0v) is 8.79. The van der Waals surface area contributed by atoms with E-state index in [1.807, 2.05) is 0 Å². The fourth-order valence-corrected chi connectivity index (χ4v) is 2.12. The van der Waals surface area contributed by atoms with Gasteiger partial charge in [-0.1, -0.05) is 25.1 Å². The normalized spacial score (nSPS) is 15.9. The minimum absolute atomic E-state index is 0.654. The van der Waals surface area contributed by atoms with Crippen molar-refractivity contribution in [2.45, 2.75) is 33.0 Å². The van der Waals surface area contributed by atoms with Crippen molar-refractivity contribution in [2.24, 2.45) is 5.73 Å². The summed E-state index contributed by atoms with van der Waals surface area (Å²) in [6, 6.07) is 6.63. The first kappa shape index (κ1) is 9.69. The number of nitrogens with zero attached hydrogens (tertiary/aromatic N) is 1. The zero-order valence-electron chi connectivity index (χ0n) is 8.79. The molecule has 1 aromatic rings. The van der Waals surface area contributed by atoms with Gasteiger partial charge in [-0.15, -0.1) is 0 Å². The molecular weight excluding hydrogens is 172 g/mol. The summed E-state index contributed by atoms with van der Waals surface area (Å²) < 4.78 is 0. The average molecular weight is 190 g/mol. The van der Waals surface area contributed by atoms with E-state index in [-0.39, 0.29) is 0 Å². The molecule has 0 aromatic heterocycles. The minimum Gasteiger partial charge on any atom is -0.326 e. The Labute approximate surface area is 85.7 Å². The highest BCUT2D eigenvalue weighted by atomic mass is 15.1. The van der Waals surface area contributed by atoms with Crippen LogP contribution in [0.15, 0.2) is 18.2 Å². The first-order valence-corrected chi connectivity index (χ1v) is 5.36. The van der Waals surface area contributed by atoms with Crippen molar-refractivity contribution >= 4 is 0 Å². The van der Waals surface area contributed by atoms with Gasteiger partial charge in [0.05, 0.1) is 0 Å². The third-order valence-corrected chi connectivity index (χ3v) is 2.83. The van der Waals surface area contributed by atoms with Gasteiger partial charge in [0.25, 0.3) is 0 Å². The highest BCUT2D eigenvalue weighted by Gasteiger charge is 2.17. The molecule has 0 atom stereocenters. The van der Waals surface area contributed by atoms with E-state index < -0.39 is 0 Å². The molecule has 2 rings (SSSR count). The van der Waals surface area contributed by atoms with E-state index in [2.05, 4.69) is 30.0 Å². The predicted octanol–water partition coefficient (Wildman–Crippen LogP) is 1.87. The molecule has 0 aliphatic carbocycles. The number of fused-ring (bicyclic) bond motifs is 1. The van der Waals surface area contributed by atoms with E-state index in [1.165, 1.54) is 29.7 Å². The lowest BCUT2D eigenvalue weighted by Crippen LogP contribution is -2.16. The summed E-state index contributed by atoms with van der Waals surface area (Å²) >= 11 is 0. The molecule has 1 heterocycles. The van der Waals surface area contributed by atoms with Crippen molar-refractivity contribution in [3.8, 4) is 0 Å². The van der Waals surface area contributed by atoms with Gasteiger partial charge in [-0.25, -0.2) is 0 Å². The SMILES string of the molecule is CCCN1Cc2ccc(CN)cc2C1. The second-order valence-electron chi connectivity index (χ2n) is 4.02. The Morgan fingerprint density at radius 1 is 1.29 bits per heavy atom. The summed E-state index contributed by atoms with van der Waals surface area (Å²) in [6.45, 7) is 6.31. The van der Waals surface area contributed by atoms with Crippen LogP contribution in [0.5, 0.6) is 0 Å². The van der Waals surface area contributed by atoms with E-state index in [0.717, 1.165) is 13.1 Å². The molecule has 0 fully saturated rings. The van der Waals surface area contributed by atoms with E-state index in [1.54, 1.807) is 0 Å². The number of nitrogens with two attached hydrogens (primary N) is 1. The third-order valence-electron chi connectivity index (χ3n) is 2.83. The van der Waals surface area contributed by atoms with Crippen LogP contribution in [-0.4, -0.2) is 11.4 Å². The van der Waals surface area contributed by atoms with Crippen molar-refractivity contribution in [3.05, 3.63) is 34.9 Å². The van der Waals surface area contributed by atoms with Crippen LogP contribution in [0.1, 0.15) is 30.0 Å². The summed E-state index contributed by atoms with van der Waals surface area (Å²) in [5.74, 6) is 0. The Kier molecular flexibility index (Phi) is 2.85. The Balaban J connectivity index is 2.14. The van der Waals surface area contributed by atoms with Crippen molar-refractivity contribution in [2.75, 3.05) is 6.54 Å². The molecule has 0 spiro atoms. The van der Waals surface area contributed by atoms with Gasteiger partial charge in [0.15, 0.2) is 0 Å². The molecule has 0 saturated heterocycles. The molecule has 2 nitrogen and oxygen atoms in total. The lowest BCUT2D eigenvalue weighted by molar-refractivity contribution is 0.285. The topological polar surface area (TPSA) is 29.3 Å². The Hall–Kier alpha value is -0.860. The maximum Gasteiger partial charge on any atom is 0.0240 e. The van der Waals surface area contributed by atoms with Crippen molar-refractivity contribution in [3.63, 3.8) is 0 Å². The van der Waals surface area contributed by atoms with Gasteiger partial charge >= 0.3 is 0 Å². The van der Waals surface area contributed by atoms with Crippen LogP contribution >= 0.6 is 0 Å². The van der Waals surface area contributed by atoms with E-state index >= 15 is 0 Å². The molecule has 1 aliphatic heterocycles. The minimum atomic E-state index is 0.654. The summed E-state index contributed by atoms with van der Waals surface area (Å²) in [4.78, 5) is 2.49. The van der Waals surface area contributed by atoms with Gasteiger partial charge < -0.3 is 5.73 Å². The quantitative estimate of drug-likeness (QED) is 0.788. The van der Waals surface area contributed by atoms with Crippen molar-refractivity contribution in [1.29, 1.82) is 0 Å². The predicted molar refractivity (Wildman–Crippen MR) is 58.7 cm³/mol. The largest absolute Gasteiger partial charge is 0.326 e. The number of hydrogen-bond donors (Lipinski definition) is 1. The second kappa shape index (κ2) is 4.11. The van der Waals surface area contributed by atoms with Crippen LogP contribution in [0.4, 0.5) is 0 Å². The molecule has 1 aliphatic rings. The van der Waals surface area contributed by atoms with Crippen LogP contribution in [0, 0.1) is 0 Å². The Morgan fingerprint density at radius 3 is 2.79 bits per heavy atom. The second-order valence-corrected chi connectivity index (χ2v) is 4.02. The highest BCUT2D eigenvalue weighted by molar-refractivity contribution is 5.34. The van der Waals surface area contributed by atoms with Gasteiger partial charge in [0.2, 0.25) is 0 Å². The highest BCUT2D eigenvalue weighted by Crippen LogP contribution is 2.23. The smallest absolute Gasteiger partial charge is 0.0240 e. The van der Waals surface area contributed by atoms with Gasteiger partial charge in [-0.2, -0.15) is 0 Å². The molecule has 14 heavy (non-hydrogen) atoms. The Bertz CT molecular complexity index is 320. The number of benzene rings is 1. The zero-order chi connectivity index (χ0) is 9.97. The van der Waals surface area contributed by atoms with Crippen molar-refractivity contribution in [1.82, 2.24) is 4.90 Å². The molecular formula is C12H18N2. The molecule has 0 amide bonds. The first-order chi connectivity index (χ1) is 6.83. The number of hydrogen-bond acceptors (Lipinski definition) is 2. The van der Waals surface area contributed by atoms with Crippen molar-refractivity contribution < 1.29 is 0 Å². The van der Waals surface area contributed by atoms with Gasteiger partial charge in [0.1, 0.15) is 0 Å². The molecule has 0 radical (unpaired) electrons. The maximum atomic E-state index is 5.62. The summed E-state index contributed by atoms with van der Waals surface area (Å²) in [5.41, 5.74) is 9.83. The molecule has 2 N–H and O–H groups in total. The third kappa shape index (κ3) is 1.81. The molecule has 0 unspecified atom stereocenters. The molecule has 0 saturated carbocycles. The fourth-order valence-electron chi connectivity index (χ4n) is 2.12. The summed E-state index contributed by atoms with van der Waals surface area (Å²) in [6.07, 6.45) is 1.23. The van der Waals surface area contributed by atoms with E-state index in [4.69, 9.17) is 5.73 Å². The lowest BCUT2D eigenvalue weighted by atomic mass is 10.1. The fraction of sp³-hybridized carbons (Fsp3) is 0.500. The summed E-state index contributed by atoms with van der Waals surface area (Å²) in [7, 11) is 0. The molecule has 76 valence electrons. The molecule has 2 heteroatoms. The monoisotopic (exact) mass is 190 g/mol. The van der Waals surface area contributed by atoms with Crippen LogP contribution in [0.2, 0.25) is 0 Å². The van der Waals surface area contributed by atoms with Crippen LogP contribution in [0.25, 0.3) is 0 Å². The van der Waals surface area contributed by atoms with Gasteiger partial charge in [-0.3, -0.25) is 4.90 Å². The lowest BCUT2D eigenvalue weighted by Gasteiger charge is -2.11. The molecule has 0 bridgehead atoms.